The van der Waals surface area contributed by atoms with Gasteiger partial charge in [0.15, 0.2) is 0 Å². The molecule has 0 bridgehead atoms. The Labute approximate surface area is 136 Å². The lowest BCUT2D eigenvalue weighted by atomic mass is 9.88. The maximum absolute atomic E-state index is 12.2. The van der Waals surface area contributed by atoms with Gasteiger partial charge in [0.2, 0.25) is 5.91 Å². The van der Waals surface area contributed by atoms with Gasteiger partial charge in [-0.05, 0) is 36.0 Å². The van der Waals surface area contributed by atoms with Crippen LogP contribution in [0.15, 0.2) is 54.6 Å². The number of carbonyl (C=O) groups is 1. The highest BCUT2D eigenvalue weighted by molar-refractivity contribution is 7.99. The highest BCUT2D eigenvalue weighted by Gasteiger charge is 2.21. The highest BCUT2D eigenvalue weighted by Crippen LogP contribution is 2.29. The van der Waals surface area contributed by atoms with Crippen molar-refractivity contribution in [3.05, 3.63) is 71.3 Å². The van der Waals surface area contributed by atoms with Crippen molar-refractivity contribution in [1.82, 2.24) is 5.32 Å². The number of carbonyl (C=O) groups excluding carboxylic acids is 1. The van der Waals surface area contributed by atoms with Crippen LogP contribution in [0.5, 0.6) is 0 Å². The minimum absolute atomic E-state index is 0.141. The van der Waals surface area contributed by atoms with Crippen molar-refractivity contribution in [2.24, 2.45) is 0 Å². The van der Waals surface area contributed by atoms with Gasteiger partial charge in [-0.15, -0.1) is 11.8 Å². The normalized spacial score (nSPS) is 16.8. The number of hydrogen-bond acceptors (Lipinski definition) is 2. The molecule has 3 heteroatoms. The molecule has 1 atom stereocenters. The fraction of sp³-hybridized carbons (Fsp3) is 0.316. The van der Waals surface area contributed by atoms with Crippen molar-refractivity contribution in [3.63, 3.8) is 0 Å². The molecular formula is C19H21NOS. The van der Waals surface area contributed by atoms with Crippen LogP contribution in [0.4, 0.5) is 0 Å². The third-order valence-electron chi connectivity index (χ3n) is 4.05. The predicted octanol–water partition coefficient (Wildman–Crippen LogP) is 4.11. The molecule has 2 nitrogen and oxygen atoms in total. The Kier molecular flexibility index (Phi) is 5.17. The Morgan fingerprint density at radius 1 is 1.09 bits per heavy atom. The number of benzene rings is 2. The topological polar surface area (TPSA) is 29.1 Å². The van der Waals surface area contributed by atoms with Crippen LogP contribution < -0.4 is 5.32 Å². The largest absolute Gasteiger partial charge is 0.349 e. The molecule has 2 aromatic carbocycles. The quantitative estimate of drug-likeness (QED) is 0.900. The lowest BCUT2D eigenvalue weighted by molar-refractivity contribution is -0.119. The summed E-state index contributed by atoms with van der Waals surface area (Å²) < 4.78 is 0. The van der Waals surface area contributed by atoms with E-state index in [0.717, 1.165) is 25.0 Å². The molecule has 0 fully saturated rings. The second-order valence-electron chi connectivity index (χ2n) is 5.69. The van der Waals surface area contributed by atoms with Crippen LogP contribution in [0.3, 0.4) is 0 Å². The lowest BCUT2D eigenvalue weighted by Crippen LogP contribution is -2.32. The van der Waals surface area contributed by atoms with E-state index in [1.54, 1.807) is 11.8 Å². The van der Waals surface area contributed by atoms with Gasteiger partial charge in [0.05, 0.1) is 11.8 Å². The van der Waals surface area contributed by atoms with Gasteiger partial charge < -0.3 is 5.32 Å². The highest BCUT2D eigenvalue weighted by atomic mass is 32.2. The Bertz CT molecular complexity index is 626. The average molecular weight is 311 g/mol. The molecule has 1 N–H and O–H groups in total. The summed E-state index contributed by atoms with van der Waals surface area (Å²) in [5, 5.41) is 3.20. The van der Waals surface area contributed by atoms with Crippen LogP contribution in [0.25, 0.3) is 0 Å². The monoisotopic (exact) mass is 311 g/mol. The number of amides is 1. The molecule has 0 aromatic heterocycles. The first-order valence-corrected chi connectivity index (χ1v) is 8.97. The third kappa shape index (κ3) is 3.92. The fourth-order valence-corrected chi connectivity index (χ4v) is 3.77. The van der Waals surface area contributed by atoms with Gasteiger partial charge in [-0.3, -0.25) is 4.79 Å². The molecule has 1 aliphatic carbocycles. The second-order valence-corrected chi connectivity index (χ2v) is 6.68. The van der Waals surface area contributed by atoms with E-state index < -0.39 is 0 Å². The van der Waals surface area contributed by atoms with Crippen molar-refractivity contribution in [2.75, 3.05) is 5.75 Å². The van der Waals surface area contributed by atoms with Gasteiger partial charge in [-0.25, -0.2) is 0 Å². The van der Waals surface area contributed by atoms with E-state index in [1.807, 2.05) is 18.2 Å². The summed E-state index contributed by atoms with van der Waals surface area (Å²) in [4.78, 5) is 12.2. The van der Waals surface area contributed by atoms with E-state index in [0.29, 0.717) is 5.75 Å². The predicted molar refractivity (Wildman–Crippen MR) is 92.9 cm³/mol. The molecule has 0 saturated carbocycles. The molecule has 0 radical (unpaired) electrons. The van der Waals surface area contributed by atoms with Gasteiger partial charge in [0.25, 0.3) is 0 Å². The zero-order valence-corrected chi connectivity index (χ0v) is 13.4. The van der Waals surface area contributed by atoms with E-state index in [9.17, 15) is 4.79 Å². The van der Waals surface area contributed by atoms with Crippen LogP contribution in [0.2, 0.25) is 0 Å². The summed E-state index contributed by atoms with van der Waals surface area (Å²) in [6.07, 6.45) is 3.33. The first kappa shape index (κ1) is 15.2. The van der Waals surface area contributed by atoms with Crippen molar-refractivity contribution >= 4 is 17.7 Å². The average Bonchev–Trinajstić information content (AvgIpc) is 2.56. The smallest absolute Gasteiger partial charge is 0.230 e. The standard InChI is InChI=1S/C19H21NOS/c21-19(14-22-13-15-7-2-1-3-8-15)20-18-12-6-10-16-9-4-5-11-17(16)18/h1-5,7-9,11,18H,6,10,12-14H2,(H,20,21). The summed E-state index contributed by atoms with van der Waals surface area (Å²) in [7, 11) is 0. The SMILES string of the molecule is O=C(CSCc1ccccc1)NC1CCCc2ccccc21. The van der Waals surface area contributed by atoms with Gasteiger partial charge in [0.1, 0.15) is 0 Å². The molecule has 0 saturated heterocycles. The van der Waals surface area contributed by atoms with Gasteiger partial charge in [-0.1, -0.05) is 54.6 Å². The summed E-state index contributed by atoms with van der Waals surface area (Å²) in [6.45, 7) is 0. The number of thioether (sulfide) groups is 1. The van der Waals surface area contributed by atoms with E-state index in [-0.39, 0.29) is 11.9 Å². The van der Waals surface area contributed by atoms with Gasteiger partial charge in [-0.2, -0.15) is 0 Å². The Hall–Kier alpha value is -1.74. The van der Waals surface area contributed by atoms with E-state index in [2.05, 4.69) is 41.7 Å². The van der Waals surface area contributed by atoms with Gasteiger partial charge in [0, 0.05) is 5.75 Å². The molecule has 22 heavy (non-hydrogen) atoms. The molecule has 0 heterocycles. The van der Waals surface area contributed by atoms with E-state index in [1.165, 1.54) is 16.7 Å². The minimum atomic E-state index is 0.141. The van der Waals surface area contributed by atoms with Crippen molar-refractivity contribution in [3.8, 4) is 0 Å². The van der Waals surface area contributed by atoms with Crippen LogP contribution in [-0.4, -0.2) is 11.7 Å². The molecule has 1 aliphatic rings. The molecule has 2 aromatic rings. The molecule has 0 spiro atoms. The minimum Gasteiger partial charge on any atom is -0.349 e. The fourth-order valence-electron chi connectivity index (χ4n) is 2.98. The number of aryl methyl sites for hydroxylation is 1. The molecule has 3 rings (SSSR count). The van der Waals surface area contributed by atoms with Crippen LogP contribution in [0, 0.1) is 0 Å². The number of rotatable bonds is 5. The first-order valence-electron chi connectivity index (χ1n) is 7.82. The van der Waals surface area contributed by atoms with Crippen LogP contribution >= 0.6 is 11.8 Å². The third-order valence-corrected chi connectivity index (χ3v) is 5.05. The Balaban J connectivity index is 1.50. The molecular weight excluding hydrogens is 290 g/mol. The zero-order valence-electron chi connectivity index (χ0n) is 12.6. The Morgan fingerprint density at radius 3 is 2.73 bits per heavy atom. The number of fused-ring (bicyclic) bond motifs is 1. The molecule has 114 valence electrons. The molecule has 1 amide bonds. The maximum atomic E-state index is 12.2. The van der Waals surface area contributed by atoms with Crippen molar-refractivity contribution in [2.45, 2.75) is 31.1 Å². The lowest BCUT2D eigenvalue weighted by Gasteiger charge is -2.26. The number of nitrogens with one attached hydrogen (secondary N) is 1. The van der Waals surface area contributed by atoms with E-state index in [4.69, 9.17) is 0 Å². The Morgan fingerprint density at radius 2 is 1.86 bits per heavy atom. The summed E-state index contributed by atoms with van der Waals surface area (Å²) in [5.41, 5.74) is 3.95. The zero-order chi connectivity index (χ0) is 15.2. The van der Waals surface area contributed by atoms with Crippen molar-refractivity contribution < 1.29 is 4.79 Å². The molecule has 1 unspecified atom stereocenters. The summed E-state index contributed by atoms with van der Waals surface area (Å²) >= 11 is 1.67. The summed E-state index contributed by atoms with van der Waals surface area (Å²) in [6, 6.07) is 18.9. The summed E-state index contributed by atoms with van der Waals surface area (Å²) in [5.74, 6) is 1.55. The van der Waals surface area contributed by atoms with Crippen LogP contribution in [-0.2, 0) is 17.0 Å². The second kappa shape index (κ2) is 7.50. The number of hydrogen-bond donors (Lipinski definition) is 1. The first-order chi connectivity index (χ1) is 10.8. The van der Waals surface area contributed by atoms with Gasteiger partial charge >= 0.3 is 0 Å². The molecule has 0 aliphatic heterocycles. The maximum Gasteiger partial charge on any atom is 0.230 e. The van der Waals surface area contributed by atoms with Crippen molar-refractivity contribution in [1.29, 1.82) is 0 Å². The van der Waals surface area contributed by atoms with Crippen LogP contribution in [0.1, 0.15) is 35.6 Å². The van der Waals surface area contributed by atoms with E-state index >= 15 is 0 Å².